The quantitative estimate of drug-likeness (QED) is 0.605. The SMILES string of the molecule is CCNC(=O)NC(=O)C(C)N1CCN(c2ccc([N+](=O)[O-])cc2)CC1. The Morgan fingerprint density at radius 1 is 1.20 bits per heavy atom. The number of imide groups is 1. The number of nitro groups is 1. The highest BCUT2D eigenvalue weighted by Crippen LogP contribution is 2.21. The fraction of sp³-hybridized carbons (Fsp3) is 0.500. The van der Waals surface area contributed by atoms with Gasteiger partial charge in [0.05, 0.1) is 11.0 Å². The Bertz CT molecular complexity index is 626. The monoisotopic (exact) mass is 349 g/mol. The molecule has 1 heterocycles. The summed E-state index contributed by atoms with van der Waals surface area (Å²) < 4.78 is 0. The number of non-ortho nitro benzene ring substituents is 1. The smallest absolute Gasteiger partial charge is 0.321 e. The van der Waals surface area contributed by atoms with E-state index < -0.39 is 17.0 Å². The van der Waals surface area contributed by atoms with Crippen molar-refractivity contribution in [2.24, 2.45) is 0 Å². The Hall–Kier alpha value is -2.68. The molecule has 1 unspecified atom stereocenters. The van der Waals surface area contributed by atoms with E-state index >= 15 is 0 Å². The highest BCUT2D eigenvalue weighted by molar-refractivity contribution is 5.96. The molecule has 1 aromatic rings. The number of amides is 3. The number of carbonyl (C=O) groups excluding carboxylic acids is 2. The van der Waals surface area contributed by atoms with Crippen LogP contribution in [0.4, 0.5) is 16.2 Å². The molecule has 0 saturated carbocycles. The molecule has 9 nitrogen and oxygen atoms in total. The van der Waals surface area contributed by atoms with Crippen LogP contribution in [0.15, 0.2) is 24.3 Å². The summed E-state index contributed by atoms with van der Waals surface area (Å²) in [6, 6.07) is 5.57. The van der Waals surface area contributed by atoms with Crippen LogP contribution < -0.4 is 15.5 Å². The molecule has 2 rings (SSSR count). The third-order valence-electron chi connectivity index (χ3n) is 4.24. The largest absolute Gasteiger partial charge is 0.369 e. The summed E-state index contributed by atoms with van der Waals surface area (Å²) in [5, 5.41) is 15.6. The van der Waals surface area contributed by atoms with Gasteiger partial charge < -0.3 is 10.2 Å². The number of hydrogen-bond donors (Lipinski definition) is 2. The van der Waals surface area contributed by atoms with Crippen LogP contribution in [-0.4, -0.2) is 60.5 Å². The van der Waals surface area contributed by atoms with Gasteiger partial charge in [0.15, 0.2) is 0 Å². The first-order valence-electron chi connectivity index (χ1n) is 8.24. The van der Waals surface area contributed by atoms with E-state index in [-0.39, 0.29) is 11.6 Å². The average molecular weight is 349 g/mol. The van der Waals surface area contributed by atoms with E-state index in [4.69, 9.17) is 0 Å². The van der Waals surface area contributed by atoms with Gasteiger partial charge in [0.2, 0.25) is 5.91 Å². The number of nitrogens with one attached hydrogen (secondary N) is 2. The van der Waals surface area contributed by atoms with Crippen molar-refractivity contribution in [1.29, 1.82) is 0 Å². The van der Waals surface area contributed by atoms with Crippen LogP contribution in [0.25, 0.3) is 0 Å². The lowest BCUT2D eigenvalue weighted by molar-refractivity contribution is -0.384. The molecule has 1 aliphatic heterocycles. The van der Waals surface area contributed by atoms with Gasteiger partial charge in [-0.3, -0.25) is 25.1 Å². The highest BCUT2D eigenvalue weighted by atomic mass is 16.6. The molecule has 1 atom stereocenters. The topological polar surface area (TPSA) is 108 Å². The van der Waals surface area contributed by atoms with E-state index in [0.717, 1.165) is 5.69 Å². The summed E-state index contributed by atoms with van der Waals surface area (Å²) in [5.41, 5.74) is 0.989. The molecule has 0 aromatic heterocycles. The zero-order valence-electron chi connectivity index (χ0n) is 14.4. The molecular formula is C16H23N5O4. The normalized spacial score (nSPS) is 16.2. The van der Waals surface area contributed by atoms with Gasteiger partial charge in [-0.2, -0.15) is 0 Å². The zero-order chi connectivity index (χ0) is 18.4. The molecule has 0 radical (unpaired) electrons. The third-order valence-corrected chi connectivity index (χ3v) is 4.24. The highest BCUT2D eigenvalue weighted by Gasteiger charge is 2.26. The third kappa shape index (κ3) is 4.90. The molecule has 9 heteroatoms. The van der Waals surface area contributed by atoms with Gasteiger partial charge in [0, 0.05) is 50.5 Å². The molecule has 1 fully saturated rings. The molecule has 136 valence electrons. The average Bonchev–Trinajstić information content (AvgIpc) is 2.61. The Kier molecular flexibility index (Phi) is 6.29. The summed E-state index contributed by atoms with van der Waals surface area (Å²) in [6.07, 6.45) is 0. The van der Waals surface area contributed by atoms with Crippen molar-refractivity contribution in [3.05, 3.63) is 34.4 Å². The number of hydrogen-bond acceptors (Lipinski definition) is 6. The Morgan fingerprint density at radius 2 is 1.80 bits per heavy atom. The molecule has 0 spiro atoms. The summed E-state index contributed by atoms with van der Waals surface area (Å²) in [7, 11) is 0. The first kappa shape index (κ1) is 18.7. The summed E-state index contributed by atoms with van der Waals surface area (Å²) in [5.74, 6) is -0.324. The van der Waals surface area contributed by atoms with Crippen LogP contribution in [0, 0.1) is 10.1 Å². The second-order valence-electron chi connectivity index (χ2n) is 5.82. The van der Waals surface area contributed by atoms with Gasteiger partial charge in [-0.1, -0.05) is 0 Å². The van der Waals surface area contributed by atoms with Crippen molar-refractivity contribution in [3.8, 4) is 0 Å². The molecule has 1 saturated heterocycles. The fourth-order valence-corrected chi connectivity index (χ4v) is 2.74. The molecule has 0 bridgehead atoms. The lowest BCUT2D eigenvalue weighted by Gasteiger charge is -2.38. The summed E-state index contributed by atoms with van der Waals surface area (Å²) >= 11 is 0. The summed E-state index contributed by atoms with van der Waals surface area (Å²) in [4.78, 5) is 37.9. The van der Waals surface area contributed by atoms with Gasteiger partial charge in [-0.15, -0.1) is 0 Å². The predicted octanol–water partition coefficient (Wildman–Crippen LogP) is 0.951. The van der Waals surface area contributed by atoms with Crippen molar-refractivity contribution in [2.75, 3.05) is 37.6 Å². The van der Waals surface area contributed by atoms with Crippen LogP contribution >= 0.6 is 0 Å². The number of piperazine rings is 1. The minimum Gasteiger partial charge on any atom is -0.369 e. The number of benzene rings is 1. The van der Waals surface area contributed by atoms with E-state index in [1.807, 2.05) is 4.90 Å². The van der Waals surface area contributed by atoms with Crippen molar-refractivity contribution >= 4 is 23.3 Å². The molecule has 1 aromatic carbocycles. The first-order valence-corrected chi connectivity index (χ1v) is 8.24. The minimum absolute atomic E-state index is 0.0676. The van der Waals surface area contributed by atoms with Crippen LogP contribution in [0.3, 0.4) is 0 Å². The number of urea groups is 1. The zero-order valence-corrected chi connectivity index (χ0v) is 14.4. The number of nitro benzene ring substituents is 1. The van der Waals surface area contributed by atoms with Crippen molar-refractivity contribution in [1.82, 2.24) is 15.5 Å². The molecule has 0 aliphatic carbocycles. The van der Waals surface area contributed by atoms with E-state index in [1.165, 1.54) is 12.1 Å². The van der Waals surface area contributed by atoms with E-state index in [9.17, 15) is 19.7 Å². The van der Waals surface area contributed by atoms with Crippen LogP contribution in [0.1, 0.15) is 13.8 Å². The first-order chi connectivity index (χ1) is 11.9. The molecule has 2 N–H and O–H groups in total. The van der Waals surface area contributed by atoms with Crippen molar-refractivity contribution in [2.45, 2.75) is 19.9 Å². The van der Waals surface area contributed by atoms with Crippen molar-refractivity contribution < 1.29 is 14.5 Å². The number of rotatable bonds is 5. The summed E-state index contributed by atoms with van der Waals surface area (Å²) in [6.45, 7) is 6.76. The van der Waals surface area contributed by atoms with Gasteiger partial charge >= 0.3 is 6.03 Å². The van der Waals surface area contributed by atoms with Gasteiger partial charge in [-0.25, -0.2) is 4.79 Å². The molecule has 3 amide bonds. The van der Waals surface area contributed by atoms with Crippen LogP contribution in [0.2, 0.25) is 0 Å². The lowest BCUT2D eigenvalue weighted by atomic mass is 10.2. The Labute approximate surface area is 146 Å². The molecular weight excluding hydrogens is 326 g/mol. The maximum absolute atomic E-state index is 12.1. The van der Waals surface area contributed by atoms with Gasteiger partial charge in [0.25, 0.3) is 5.69 Å². The number of carbonyl (C=O) groups is 2. The van der Waals surface area contributed by atoms with E-state index in [2.05, 4.69) is 15.5 Å². The van der Waals surface area contributed by atoms with Crippen LogP contribution in [-0.2, 0) is 4.79 Å². The van der Waals surface area contributed by atoms with Gasteiger partial charge in [0.1, 0.15) is 0 Å². The lowest BCUT2D eigenvalue weighted by Crippen LogP contribution is -2.55. The van der Waals surface area contributed by atoms with E-state index in [0.29, 0.717) is 32.7 Å². The number of anilines is 1. The standard InChI is InChI=1S/C16H23N5O4/c1-3-17-16(23)18-15(22)12(2)19-8-10-20(11-9-19)13-4-6-14(7-5-13)21(24)25/h4-7,12H,3,8-11H2,1-2H3,(H2,17,18,22,23). The minimum atomic E-state index is -0.483. The Balaban J connectivity index is 1.87. The second kappa shape index (κ2) is 8.43. The molecule has 1 aliphatic rings. The molecule has 25 heavy (non-hydrogen) atoms. The van der Waals surface area contributed by atoms with E-state index in [1.54, 1.807) is 26.0 Å². The maximum Gasteiger partial charge on any atom is 0.321 e. The number of nitrogens with zero attached hydrogens (tertiary/aromatic N) is 3. The second-order valence-corrected chi connectivity index (χ2v) is 5.82. The maximum atomic E-state index is 12.1. The Morgan fingerprint density at radius 3 is 2.32 bits per heavy atom. The van der Waals surface area contributed by atoms with Gasteiger partial charge in [-0.05, 0) is 26.0 Å². The van der Waals surface area contributed by atoms with Crippen molar-refractivity contribution in [3.63, 3.8) is 0 Å². The predicted molar refractivity (Wildman–Crippen MR) is 93.6 cm³/mol. The fourth-order valence-electron chi connectivity index (χ4n) is 2.74. The van der Waals surface area contributed by atoms with Crippen LogP contribution in [0.5, 0.6) is 0 Å².